The molecule has 4 heteroatoms. The molecule has 19 heavy (non-hydrogen) atoms. The van der Waals surface area contributed by atoms with E-state index in [-0.39, 0.29) is 12.3 Å². The fourth-order valence-electron chi connectivity index (χ4n) is 2.20. The molecule has 1 aliphatic carbocycles. The number of halogens is 1. The molecule has 1 aromatic carbocycles. The summed E-state index contributed by atoms with van der Waals surface area (Å²) in [4.78, 5) is 11.7. The Morgan fingerprint density at radius 1 is 1.53 bits per heavy atom. The maximum Gasteiger partial charge on any atom is 0.222 e. The highest BCUT2D eigenvalue weighted by molar-refractivity contribution is 5.76. The van der Waals surface area contributed by atoms with Gasteiger partial charge in [-0.1, -0.05) is 19.1 Å². The second-order valence-corrected chi connectivity index (χ2v) is 5.41. The first-order chi connectivity index (χ1) is 9.04. The van der Waals surface area contributed by atoms with Gasteiger partial charge in [0, 0.05) is 6.54 Å². The van der Waals surface area contributed by atoms with Crippen LogP contribution in [0.3, 0.4) is 0 Å². The molecule has 104 valence electrons. The first kappa shape index (κ1) is 14.0. The molecular weight excluding hydrogens is 245 g/mol. The standard InChI is InChI=1S/C15H20FNO2/c1-2-15(6-7-15)10-17-14(19)9-13(18)11-4-3-5-12(16)8-11/h3-5,8,13,18H,2,6-7,9-10H2,1H3,(H,17,19). The van der Waals surface area contributed by atoms with E-state index in [1.54, 1.807) is 6.07 Å². The Balaban J connectivity index is 1.81. The van der Waals surface area contributed by atoms with E-state index in [2.05, 4.69) is 12.2 Å². The Bertz CT molecular complexity index is 457. The summed E-state index contributed by atoms with van der Waals surface area (Å²) in [5.74, 6) is -0.587. The van der Waals surface area contributed by atoms with Crippen LogP contribution in [-0.2, 0) is 4.79 Å². The van der Waals surface area contributed by atoms with Crippen LogP contribution in [0, 0.1) is 11.2 Å². The third-order valence-corrected chi connectivity index (χ3v) is 3.98. The lowest BCUT2D eigenvalue weighted by Crippen LogP contribution is -2.30. The van der Waals surface area contributed by atoms with Crippen LogP contribution in [0.1, 0.15) is 44.3 Å². The van der Waals surface area contributed by atoms with E-state index in [9.17, 15) is 14.3 Å². The van der Waals surface area contributed by atoms with Crippen LogP contribution in [-0.4, -0.2) is 17.6 Å². The van der Waals surface area contributed by atoms with Crippen molar-refractivity contribution in [1.29, 1.82) is 0 Å². The van der Waals surface area contributed by atoms with Gasteiger partial charge in [-0.2, -0.15) is 0 Å². The number of aliphatic hydroxyl groups excluding tert-OH is 1. The van der Waals surface area contributed by atoms with Gasteiger partial charge < -0.3 is 10.4 Å². The predicted molar refractivity (Wildman–Crippen MR) is 70.9 cm³/mol. The molecule has 1 unspecified atom stereocenters. The minimum absolute atomic E-state index is 0.0246. The topological polar surface area (TPSA) is 49.3 Å². The summed E-state index contributed by atoms with van der Waals surface area (Å²) in [5.41, 5.74) is 0.728. The van der Waals surface area contributed by atoms with Crippen molar-refractivity contribution in [1.82, 2.24) is 5.32 Å². The van der Waals surface area contributed by atoms with Gasteiger partial charge in [0.25, 0.3) is 0 Å². The number of hydrogen-bond donors (Lipinski definition) is 2. The Kier molecular flexibility index (Phi) is 4.20. The van der Waals surface area contributed by atoms with Crippen LogP contribution in [0.4, 0.5) is 4.39 Å². The van der Waals surface area contributed by atoms with E-state index in [0.29, 0.717) is 17.5 Å². The van der Waals surface area contributed by atoms with Crippen LogP contribution < -0.4 is 5.32 Å². The van der Waals surface area contributed by atoms with E-state index in [1.165, 1.54) is 18.2 Å². The van der Waals surface area contributed by atoms with Crippen molar-refractivity contribution in [2.24, 2.45) is 5.41 Å². The van der Waals surface area contributed by atoms with Crippen molar-refractivity contribution in [2.45, 2.75) is 38.7 Å². The van der Waals surface area contributed by atoms with E-state index in [0.717, 1.165) is 19.3 Å². The van der Waals surface area contributed by atoms with E-state index in [4.69, 9.17) is 0 Å². The van der Waals surface area contributed by atoms with Crippen molar-refractivity contribution < 1.29 is 14.3 Å². The minimum Gasteiger partial charge on any atom is -0.388 e. The molecule has 0 aromatic heterocycles. The Morgan fingerprint density at radius 3 is 2.84 bits per heavy atom. The molecule has 3 nitrogen and oxygen atoms in total. The van der Waals surface area contributed by atoms with E-state index < -0.39 is 11.9 Å². The van der Waals surface area contributed by atoms with Crippen LogP contribution in [0.15, 0.2) is 24.3 Å². The number of carbonyl (C=O) groups is 1. The quantitative estimate of drug-likeness (QED) is 0.830. The minimum atomic E-state index is -0.951. The summed E-state index contributed by atoms with van der Waals surface area (Å²) in [6.07, 6.45) is 2.42. The molecule has 1 aliphatic rings. The van der Waals surface area contributed by atoms with Gasteiger partial charge in [0.2, 0.25) is 5.91 Å². The van der Waals surface area contributed by atoms with Crippen molar-refractivity contribution in [3.63, 3.8) is 0 Å². The molecule has 1 fully saturated rings. The van der Waals surface area contributed by atoms with E-state index >= 15 is 0 Å². The van der Waals surface area contributed by atoms with Crippen LogP contribution >= 0.6 is 0 Å². The predicted octanol–water partition coefficient (Wildman–Crippen LogP) is 2.56. The van der Waals surface area contributed by atoms with Gasteiger partial charge in [0.05, 0.1) is 12.5 Å². The Labute approximate surface area is 112 Å². The number of amides is 1. The Hall–Kier alpha value is -1.42. The lowest BCUT2D eigenvalue weighted by atomic mass is 10.0. The fraction of sp³-hybridized carbons (Fsp3) is 0.533. The summed E-state index contributed by atoms with van der Waals surface area (Å²) in [6.45, 7) is 2.80. The van der Waals surface area contributed by atoms with Crippen LogP contribution in [0.2, 0.25) is 0 Å². The number of nitrogens with one attached hydrogen (secondary N) is 1. The number of carbonyl (C=O) groups excluding carboxylic acids is 1. The molecule has 0 spiro atoms. The van der Waals surface area contributed by atoms with Gasteiger partial charge in [-0.25, -0.2) is 4.39 Å². The molecule has 1 atom stereocenters. The Morgan fingerprint density at radius 2 is 2.26 bits per heavy atom. The average Bonchev–Trinajstić information content (AvgIpc) is 3.17. The second-order valence-electron chi connectivity index (χ2n) is 5.41. The van der Waals surface area contributed by atoms with Gasteiger partial charge in [0.1, 0.15) is 5.82 Å². The lowest BCUT2D eigenvalue weighted by Gasteiger charge is -2.15. The van der Waals surface area contributed by atoms with Crippen molar-refractivity contribution in [2.75, 3.05) is 6.54 Å². The molecule has 0 bridgehead atoms. The highest BCUT2D eigenvalue weighted by atomic mass is 19.1. The third-order valence-electron chi connectivity index (χ3n) is 3.98. The number of rotatable bonds is 6. The zero-order chi connectivity index (χ0) is 13.9. The van der Waals surface area contributed by atoms with Gasteiger partial charge in [-0.3, -0.25) is 4.79 Å². The van der Waals surface area contributed by atoms with E-state index in [1.807, 2.05) is 0 Å². The van der Waals surface area contributed by atoms with Crippen LogP contribution in [0.25, 0.3) is 0 Å². The van der Waals surface area contributed by atoms with Crippen molar-refractivity contribution in [3.05, 3.63) is 35.6 Å². The smallest absolute Gasteiger partial charge is 0.222 e. The molecule has 1 saturated carbocycles. The largest absolute Gasteiger partial charge is 0.388 e. The monoisotopic (exact) mass is 265 g/mol. The van der Waals surface area contributed by atoms with Gasteiger partial charge in [0.15, 0.2) is 0 Å². The summed E-state index contributed by atoms with van der Waals surface area (Å²) in [7, 11) is 0. The number of hydrogen-bond acceptors (Lipinski definition) is 2. The SMILES string of the molecule is CCC1(CNC(=O)CC(O)c2cccc(F)c2)CC1. The molecule has 1 aromatic rings. The average molecular weight is 265 g/mol. The summed E-state index contributed by atoms with van der Waals surface area (Å²) >= 11 is 0. The molecule has 0 saturated heterocycles. The molecule has 0 radical (unpaired) electrons. The lowest BCUT2D eigenvalue weighted by molar-refractivity contribution is -0.123. The zero-order valence-electron chi connectivity index (χ0n) is 11.2. The second kappa shape index (κ2) is 5.70. The first-order valence-corrected chi connectivity index (χ1v) is 6.75. The normalized spacial score (nSPS) is 17.8. The highest BCUT2D eigenvalue weighted by Crippen LogP contribution is 2.47. The molecule has 2 N–H and O–H groups in total. The highest BCUT2D eigenvalue weighted by Gasteiger charge is 2.40. The summed E-state index contributed by atoms with van der Waals surface area (Å²) < 4.78 is 13.0. The van der Waals surface area contributed by atoms with Gasteiger partial charge in [-0.05, 0) is 42.4 Å². The first-order valence-electron chi connectivity index (χ1n) is 6.75. The maximum absolute atomic E-state index is 13.0. The number of benzene rings is 1. The van der Waals surface area contributed by atoms with Gasteiger partial charge >= 0.3 is 0 Å². The molecule has 1 amide bonds. The number of aliphatic hydroxyl groups is 1. The molecule has 0 aliphatic heterocycles. The van der Waals surface area contributed by atoms with Crippen molar-refractivity contribution in [3.8, 4) is 0 Å². The molecule has 0 heterocycles. The van der Waals surface area contributed by atoms with Crippen LogP contribution in [0.5, 0.6) is 0 Å². The fourth-order valence-corrected chi connectivity index (χ4v) is 2.20. The maximum atomic E-state index is 13.0. The molecule has 2 rings (SSSR count). The molecular formula is C15H20FNO2. The van der Waals surface area contributed by atoms with Gasteiger partial charge in [-0.15, -0.1) is 0 Å². The summed E-state index contributed by atoms with van der Waals surface area (Å²) in [6, 6.07) is 5.72. The zero-order valence-corrected chi connectivity index (χ0v) is 11.2. The third kappa shape index (κ3) is 3.77. The summed E-state index contributed by atoms with van der Waals surface area (Å²) in [5, 5.41) is 12.7. The van der Waals surface area contributed by atoms with Crippen molar-refractivity contribution >= 4 is 5.91 Å².